The van der Waals surface area contributed by atoms with Crippen LogP contribution < -0.4 is 10.3 Å². The summed E-state index contributed by atoms with van der Waals surface area (Å²) in [6, 6.07) is 8.60. The van der Waals surface area contributed by atoms with E-state index in [4.69, 9.17) is 9.47 Å². The van der Waals surface area contributed by atoms with Gasteiger partial charge < -0.3 is 9.47 Å². The third kappa shape index (κ3) is 3.57. The SMILES string of the molecule is COc1cccc(CC(=O)OCc2cc(=O)n3ccsc3n2)c1. The van der Waals surface area contributed by atoms with Gasteiger partial charge in [-0.25, -0.2) is 4.98 Å². The first-order valence-electron chi connectivity index (χ1n) is 6.90. The second kappa shape index (κ2) is 6.62. The number of thiazole rings is 1. The number of aromatic nitrogens is 2. The molecule has 6 nitrogen and oxygen atoms in total. The van der Waals surface area contributed by atoms with Gasteiger partial charge in [-0.05, 0) is 17.7 Å². The van der Waals surface area contributed by atoms with Crippen LogP contribution in [-0.4, -0.2) is 22.5 Å². The predicted molar refractivity (Wildman–Crippen MR) is 85.8 cm³/mol. The molecule has 118 valence electrons. The minimum atomic E-state index is -0.383. The highest BCUT2D eigenvalue weighted by molar-refractivity contribution is 7.15. The Morgan fingerprint density at radius 3 is 3.04 bits per heavy atom. The van der Waals surface area contributed by atoms with Crippen LogP contribution in [0.3, 0.4) is 0 Å². The molecule has 0 bridgehead atoms. The summed E-state index contributed by atoms with van der Waals surface area (Å²) in [6.07, 6.45) is 1.80. The molecule has 7 heteroatoms. The average Bonchev–Trinajstić information content (AvgIpc) is 3.02. The molecule has 23 heavy (non-hydrogen) atoms. The van der Waals surface area contributed by atoms with Crippen molar-refractivity contribution in [2.75, 3.05) is 7.11 Å². The first kappa shape index (κ1) is 15.2. The Morgan fingerprint density at radius 2 is 2.22 bits per heavy atom. The molecular weight excluding hydrogens is 316 g/mol. The molecule has 2 aromatic heterocycles. The fraction of sp³-hybridized carbons (Fsp3) is 0.188. The Kier molecular flexibility index (Phi) is 4.38. The maximum absolute atomic E-state index is 11.9. The van der Waals surface area contributed by atoms with Crippen LogP contribution in [0.25, 0.3) is 4.96 Å². The smallest absolute Gasteiger partial charge is 0.310 e. The van der Waals surface area contributed by atoms with Gasteiger partial charge in [-0.1, -0.05) is 12.1 Å². The third-order valence-electron chi connectivity index (χ3n) is 3.22. The quantitative estimate of drug-likeness (QED) is 0.670. The van der Waals surface area contributed by atoms with Crippen molar-refractivity contribution in [3.05, 3.63) is 63.5 Å². The number of fused-ring (bicyclic) bond motifs is 1. The molecule has 1 aromatic carbocycles. The van der Waals surface area contributed by atoms with Gasteiger partial charge >= 0.3 is 5.97 Å². The number of carbonyl (C=O) groups excluding carboxylic acids is 1. The highest BCUT2D eigenvalue weighted by Gasteiger charge is 2.09. The van der Waals surface area contributed by atoms with Crippen molar-refractivity contribution in [1.29, 1.82) is 0 Å². The number of hydrogen-bond donors (Lipinski definition) is 0. The van der Waals surface area contributed by atoms with Gasteiger partial charge in [-0.2, -0.15) is 0 Å². The molecule has 3 rings (SSSR count). The molecular formula is C16H14N2O4S. The fourth-order valence-corrected chi connectivity index (χ4v) is 2.85. The lowest BCUT2D eigenvalue weighted by molar-refractivity contribution is -0.144. The Bertz CT molecular complexity index is 900. The minimum Gasteiger partial charge on any atom is -0.497 e. The van der Waals surface area contributed by atoms with E-state index in [0.717, 1.165) is 5.56 Å². The number of carbonyl (C=O) groups is 1. The zero-order chi connectivity index (χ0) is 16.2. The van der Waals surface area contributed by atoms with E-state index in [1.807, 2.05) is 18.2 Å². The molecule has 0 fully saturated rings. The highest BCUT2D eigenvalue weighted by atomic mass is 32.1. The van der Waals surface area contributed by atoms with Crippen LogP contribution in [0.5, 0.6) is 5.75 Å². The van der Waals surface area contributed by atoms with Crippen LogP contribution in [0.1, 0.15) is 11.3 Å². The molecule has 2 heterocycles. The van der Waals surface area contributed by atoms with Gasteiger partial charge in [0.25, 0.3) is 5.56 Å². The number of benzene rings is 1. The van der Waals surface area contributed by atoms with Gasteiger partial charge in [-0.15, -0.1) is 11.3 Å². The van der Waals surface area contributed by atoms with Gasteiger partial charge in [0.1, 0.15) is 12.4 Å². The molecule has 0 radical (unpaired) electrons. The number of methoxy groups -OCH3 is 1. The largest absolute Gasteiger partial charge is 0.497 e. The number of esters is 1. The number of rotatable bonds is 5. The van der Waals surface area contributed by atoms with Crippen molar-refractivity contribution in [3.63, 3.8) is 0 Å². The van der Waals surface area contributed by atoms with E-state index >= 15 is 0 Å². The van der Waals surface area contributed by atoms with E-state index < -0.39 is 0 Å². The van der Waals surface area contributed by atoms with Crippen LogP contribution in [-0.2, 0) is 22.6 Å². The summed E-state index contributed by atoms with van der Waals surface area (Å²) in [5, 5.41) is 1.78. The van der Waals surface area contributed by atoms with Crippen LogP contribution in [0, 0.1) is 0 Å². The van der Waals surface area contributed by atoms with Crippen molar-refractivity contribution in [2.45, 2.75) is 13.0 Å². The first-order chi connectivity index (χ1) is 11.2. The summed E-state index contributed by atoms with van der Waals surface area (Å²) < 4.78 is 11.8. The minimum absolute atomic E-state index is 0.0214. The monoisotopic (exact) mass is 330 g/mol. The van der Waals surface area contributed by atoms with Crippen molar-refractivity contribution >= 4 is 22.3 Å². The van der Waals surface area contributed by atoms with Crippen LogP contribution in [0.2, 0.25) is 0 Å². The van der Waals surface area contributed by atoms with Crippen molar-refractivity contribution in [1.82, 2.24) is 9.38 Å². The van der Waals surface area contributed by atoms with Crippen LogP contribution in [0.15, 0.2) is 46.7 Å². The van der Waals surface area contributed by atoms with Gasteiger partial charge in [0.15, 0.2) is 4.96 Å². The van der Waals surface area contributed by atoms with Crippen molar-refractivity contribution in [2.24, 2.45) is 0 Å². The number of ether oxygens (including phenoxy) is 2. The second-order valence-electron chi connectivity index (χ2n) is 4.83. The summed E-state index contributed by atoms with van der Waals surface area (Å²) in [6.45, 7) is -0.0214. The molecule has 0 spiro atoms. The van der Waals surface area contributed by atoms with Gasteiger partial charge in [0.05, 0.1) is 19.2 Å². The zero-order valence-corrected chi connectivity index (χ0v) is 13.2. The molecule has 0 atom stereocenters. The van der Waals surface area contributed by atoms with Crippen molar-refractivity contribution in [3.8, 4) is 5.75 Å². The Morgan fingerprint density at radius 1 is 1.35 bits per heavy atom. The number of hydrogen-bond acceptors (Lipinski definition) is 6. The molecule has 0 aliphatic rings. The van der Waals surface area contributed by atoms with E-state index in [9.17, 15) is 9.59 Å². The number of nitrogens with zero attached hydrogens (tertiary/aromatic N) is 2. The van der Waals surface area contributed by atoms with Gasteiger partial charge in [0.2, 0.25) is 0 Å². The van der Waals surface area contributed by atoms with E-state index in [-0.39, 0.29) is 24.6 Å². The second-order valence-corrected chi connectivity index (χ2v) is 5.70. The summed E-state index contributed by atoms with van der Waals surface area (Å²) in [5.74, 6) is 0.305. The highest BCUT2D eigenvalue weighted by Crippen LogP contribution is 2.13. The molecule has 0 unspecified atom stereocenters. The van der Waals surface area contributed by atoms with Crippen LogP contribution >= 0.6 is 11.3 Å². The van der Waals surface area contributed by atoms with E-state index in [1.54, 1.807) is 24.8 Å². The first-order valence-corrected chi connectivity index (χ1v) is 7.78. The molecule has 0 aliphatic carbocycles. The Balaban J connectivity index is 1.64. The normalized spacial score (nSPS) is 10.7. The lowest BCUT2D eigenvalue weighted by Crippen LogP contribution is -2.15. The van der Waals surface area contributed by atoms with E-state index in [2.05, 4.69) is 4.98 Å². The Hall–Kier alpha value is -2.67. The van der Waals surface area contributed by atoms with E-state index in [1.165, 1.54) is 21.8 Å². The van der Waals surface area contributed by atoms with E-state index in [0.29, 0.717) is 16.4 Å². The molecule has 0 N–H and O–H groups in total. The molecule has 3 aromatic rings. The summed E-state index contributed by atoms with van der Waals surface area (Å²) in [7, 11) is 1.57. The maximum Gasteiger partial charge on any atom is 0.310 e. The lowest BCUT2D eigenvalue weighted by atomic mass is 10.1. The molecule has 0 amide bonds. The Labute approximate surface area is 135 Å². The average molecular weight is 330 g/mol. The predicted octanol–water partition coefficient (Wildman–Crippen LogP) is 2.05. The van der Waals surface area contributed by atoms with Gasteiger partial charge in [-0.3, -0.25) is 14.0 Å². The third-order valence-corrected chi connectivity index (χ3v) is 3.98. The maximum atomic E-state index is 11.9. The zero-order valence-electron chi connectivity index (χ0n) is 12.4. The fourth-order valence-electron chi connectivity index (χ4n) is 2.12. The lowest BCUT2D eigenvalue weighted by Gasteiger charge is -2.06. The summed E-state index contributed by atoms with van der Waals surface area (Å²) in [4.78, 5) is 28.6. The van der Waals surface area contributed by atoms with Gasteiger partial charge in [0, 0.05) is 17.6 Å². The standard InChI is InChI=1S/C16H14N2O4S/c1-21-13-4-2-3-11(7-13)8-15(20)22-10-12-9-14(19)18-5-6-23-16(18)17-12/h2-7,9H,8,10H2,1H3. The molecule has 0 saturated heterocycles. The summed E-state index contributed by atoms with van der Waals surface area (Å²) in [5.41, 5.74) is 1.06. The van der Waals surface area contributed by atoms with Crippen LogP contribution in [0.4, 0.5) is 0 Å². The molecule has 0 aliphatic heterocycles. The van der Waals surface area contributed by atoms with Crippen molar-refractivity contribution < 1.29 is 14.3 Å². The molecule has 0 saturated carbocycles. The summed E-state index contributed by atoms with van der Waals surface area (Å²) >= 11 is 1.35. The topological polar surface area (TPSA) is 69.9 Å².